The number of Topliss-reactive ketones (excluding diaryl/α,β-unsaturated/α-hetero) is 1. The molecule has 0 aromatic carbocycles. The van der Waals surface area contributed by atoms with Crippen molar-refractivity contribution in [2.75, 3.05) is 13.7 Å². The monoisotopic (exact) mass is 186 g/mol. The van der Waals surface area contributed by atoms with Crippen molar-refractivity contribution in [2.45, 2.75) is 51.9 Å². The minimum absolute atomic E-state index is 0.425. The summed E-state index contributed by atoms with van der Waals surface area (Å²) in [7, 11) is 1.73. The lowest BCUT2D eigenvalue weighted by molar-refractivity contribution is -0.119. The van der Waals surface area contributed by atoms with E-state index in [1.54, 1.807) is 7.11 Å². The molecular formula is C11H22O2. The lowest BCUT2D eigenvalue weighted by Crippen LogP contribution is -1.96. The van der Waals surface area contributed by atoms with Crippen LogP contribution < -0.4 is 0 Å². The maximum absolute atomic E-state index is 11.1. The lowest BCUT2D eigenvalue weighted by Gasteiger charge is -2.00. The Balaban J connectivity index is 3.02. The number of unbranched alkanes of at least 4 members (excludes halogenated alkanes) is 3. The fourth-order valence-corrected chi connectivity index (χ4v) is 1.33. The van der Waals surface area contributed by atoms with Crippen LogP contribution in [0.2, 0.25) is 0 Å². The van der Waals surface area contributed by atoms with E-state index in [4.69, 9.17) is 4.74 Å². The highest BCUT2D eigenvalue weighted by molar-refractivity contribution is 5.78. The molecule has 0 aliphatic rings. The average Bonchev–Trinajstić information content (AvgIpc) is 2.11. The summed E-state index contributed by atoms with van der Waals surface area (Å²) in [4.78, 5) is 11.1. The molecule has 0 aromatic rings. The van der Waals surface area contributed by atoms with E-state index in [2.05, 4.69) is 6.92 Å². The first-order valence-corrected chi connectivity index (χ1v) is 5.32. The summed E-state index contributed by atoms with van der Waals surface area (Å²) < 4.78 is 4.94. The molecule has 0 unspecified atom stereocenters. The zero-order valence-corrected chi connectivity index (χ0v) is 8.97. The number of methoxy groups -OCH3 is 1. The van der Waals surface area contributed by atoms with E-state index in [1.807, 2.05) is 0 Å². The van der Waals surface area contributed by atoms with Gasteiger partial charge in [0.05, 0.1) is 0 Å². The number of ether oxygens (including phenoxy) is 1. The summed E-state index contributed by atoms with van der Waals surface area (Å²) in [5, 5.41) is 0. The molecule has 78 valence electrons. The summed E-state index contributed by atoms with van der Waals surface area (Å²) >= 11 is 0. The largest absolute Gasteiger partial charge is 0.385 e. The predicted octanol–water partition coefficient (Wildman–Crippen LogP) is 2.95. The number of ketones is 1. The second-order valence-electron chi connectivity index (χ2n) is 3.45. The van der Waals surface area contributed by atoms with Gasteiger partial charge in [-0.3, -0.25) is 4.79 Å². The van der Waals surface area contributed by atoms with E-state index in [9.17, 15) is 4.79 Å². The molecule has 13 heavy (non-hydrogen) atoms. The molecule has 0 bridgehead atoms. The summed E-state index contributed by atoms with van der Waals surface area (Å²) in [6.07, 6.45) is 7.06. The fourth-order valence-electron chi connectivity index (χ4n) is 1.33. The van der Waals surface area contributed by atoms with Gasteiger partial charge in [-0.1, -0.05) is 19.8 Å². The topological polar surface area (TPSA) is 26.3 Å². The van der Waals surface area contributed by atoms with Crippen LogP contribution in [0.25, 0.3) is 0 Å². The van der Waals surface area contributed by atoms with Gasteiger partial charge >= 0.3 is 0 Å². The van der Waals surface area contributed by atoms with Crippen molar-refractivity contribution in [3.63, 3.8) is 0 Å². The number of hydrogen-bond donors (Lipinski definition) is 0. The molecule has 0 aliphatic heterocycles. The molecule has 0 fully saturated rings. The van der Waals surface area contributed by atoms with Crippen LogP contribution in [0.4, 0.5) is 0 Å². The second-order valence-corrected chi connectivity index (χ2v) is 3.45. The van der Waals surface area contributed by atoms with Crippen molar-refractivity contribution in [1.29, 1.82) is 0 Å². The van der Waals surface area contributed by atoms with Crippen molar-refractivity contribution in [3.8, 4) is 0 Å². The van der Waals surface area contributed by atoms with Crippen LogP contribution in [-0.4, -0.2) is 19.5 Å². The summed E-state index contributed by atoms with van der Waals surface area (Å²) in [6, 6.07) is 0. The number of rotatable bonds is 9. The van der Waals surface area contributed by atoms with Crippen molar-refractivity contribution in [1.82, 2.24) is 0 Å². The van der Waals surface area contributed by atoms with Gasteiger partial charge < -0.3 is 4.74 Å². The molecule has 0 aliphatic carbocycles. The highest BCUT2D eigenvalue weighted by Gasteiger charge is 1.99. The highest BCUT2D eigenvalue weighted by atomic mass is 16.5. The maximum Gasteiger partial charge on any atom is 0.132 e. The molecule has 0 spiro atoms. The molecular weight excluding hydrogens is 164 g/mol. The first kappa shape index (κ1) is 12.6. The first-order chi connectivity index (χ1) is 6.31. The van der Waals surface area contributed by atoms with Gasteiger partial charge in [0.2, 0.25) is 0 Å². The van der Waals surface area contributed by atoms with E-state index in [1.165, 1.54) is 12.8 Å². The van der Waals surface area contributed by atoms with Crippen LogP contribution in [-0.2, 0) is 9.53 Å². The zero-order valence-electron chi connectivity index (χ0n) is 8.97. The molecule has 0 saturated heterocycles. The van der Waals surface area contributed by atoms with Gasteiger partial charge in [0, 0.05) is 26.6 Å². The van der Waals surface area contributed by atoms with Crippen LogP contribution in [0.5, 0.6) is 0 Å². The van der Waals surface area contributed by atoms with Crippen LogP contribution >= 0.6 is 0 Å². The smallest absolute Gasteiger partial charge is 0.132 e. The molecule has 2 heteroatoms. The average molecular weight is 186 g/mol. The molecule has 0 rings (SSSR count). The Hall–Kier alpha value is -0.370. The minimum Gasteiger partial charge on any atom is -0.385 e. The van der Waals surface area contributed by atoms with Gasteiger partial charge in [0.1, 0.15) is 5.78 Å². The Morgan fingerprint density at radius 2 is 1.77 bits per heavy atom. The fraction of sp³-hybridized carbons (Fsp3) is 0.909. The molecule has 0 heterocycles. The Kier molecular flexibility index (Phi) is 9.44. The van der Waals surface area contributed by atoms with E-state index >= 15 is 0 Å². The Bertz CT molecular complexity index is 121. The third-order valence-corrected chi connectivity index (χ3v) is 2.08. The predicted molar refractivity (Wildman–Crippen MR) is 54.9 cm³/mol. The Morgan fingerprint density at radius 3 is 2.38 bits per heavy atom. The van der Waals surface area contributed by atoms with Gasteiger partial charge in [-0.2, -0.15) is 0 Å². The molecule has 0 saturated carbocycles. The first-order valence-electron chi connectivity index (χ1n) is 5.32. The van der Waals surface area contributed by atoms with E-state index in [-0.39, 0.29) is 0 Å². The third-order valence-electron chi connectivity index (χ3n) is 2.08. The third kappa shape index (κ3) is 9.54. The SMILES string of the molecule is CCCC(=O)CCCCCCOC. The molecule has 0 aromatic heterocycles. The summed E-state index contributed by atoms with van der Waals surface area (Å²) in [5.74, 6) is 0.425. The molecule has 0 radical (unpaired) electrons. The molecule has 0 atom stereocenters. The van der Waals surface area contributed by atoms with Gasteiger partial charge in [-0.15, -0.1) is 0 Å². The number of hydrogen-bond acceptors (Lipinski definition) is 2. The van der Waals surface area contributed by atoms with Crippen molar-refractivity contribution in [3.05, 3.63) is 0 Å². The Labute approximate surface area is 81.7 Å². The minimum atomic E-state index is 0.425. The maximum atomic E-state index is 11.1. The highest BCUT2D eigenvalue weighted by Crippen LogP contribution is 2.05. The summed E-state index contributed by atoms with van der Waals surface area (Å²) in [5.41, 5.74) is 0. The molecule has 2 nitrogen and oxygen atoms in total. The standard InChI is InChI=1S/C11H22O2/c1-3-8-11(12)9-6-4-5-7-10-13-2/h3-10H2,1-2H3. The van der Waals surface area contributed by atoms with Gasteiger partial charge in [-0.25, -0.2) is 0 Å². The van der Waals surface area contributed by atoms with Crippen molar-refractivity contribution in [2.24, 2.45) is 0 Å². The van der Waals surface area contributed by atoms with Gasteiger partial charge in [0.15, 0.2) is 0 Å². The van der Waals surface area contributed by atoms with E-state index in [0.29, 0.717) is 5.78 Å². The van der Waals surface area contributed by atoms with Crippen molar-refractivity contribution >= 4 is 5.78 Å². The van der Waals surface area contributed by atoms with Gasteiger partial charge in [-0.05, 0) is 19.3 Å². The Morgan fingerprint density at radius 1 is 1.08 bits per heavy atom. The van der Waals surface area contributed by atoms with E-state index in [0.717, 1.165) is 38.7 Å². The second kappa shape index (κ2) is 9.72. The molecule has 0 amide bonds. The van der Waals surface area contributed by atoms with E-state index < -0.39 is 0 Å². The molecule has 0 N–H and O–H groups in total. The number of carbonyl (C=O) groups is 1. The van der Waals surface area contributed by atoms with Crippen LogP contribution in [0.1, 0.15) is 51.9 Å². The zero-order chi connectivity index (χ0) is 9.94. The van der Waals surface area contributed by atoms with Crippen LogP contribution in [0, 0.1) is 0 Å². The van der Waals surface area contributed by atoms with Crippen LogP contribution in [0.3, 0.4) is 0 Å². The van der Waals surface area contributed by atoms with Crippen molar-refractivity contribution < 1.29 is 9.53 Å². The number of carbonyl (C=O) groups excluding carboxylic acids is 1. The lowest BCUT2D eigenvalue weighted by atomic mass is 10.1. The quantitative estimate of drug-likeness (QED) is 0.517. The van der Waals surface area contributed by atoms with Gasteiger partial charge in [0.25, 0.3) is 0 Å². The summed E-state index contributed by atoms with van der Waals surface area (Å²) in [6.45, 7) is 2.90. The van der Waals surface area contributed by atoms with Crippen LogP contribution in [0.15, 0.2) is 0 Å². The normalized spacial score (nSPS) is 10.3.